The van der Waals surface area contributed by atoms with Crippen LogP contribution >= 0.6 is 0 Å². The number of nitrogen functional groups attached to an aromatic ring is 1. The number of hydrogen-bond donors (Lipinski definition) is 2. The first kappa shape index (κ1) is 12.1. The van der Waals surface area contributed by atoms with E-state index in [0.717, 1.165) is 5.56 Å². The molecule has 6 heteroatoms. The van der Waals surface area contributed by atoms with Gasteiger partial charge in [-0.3, -0.25) is 10.1 Å². The van der Waals surface area contributed by atoms with Gasteiger partial charge < -0.3 is 10.2 Å². The van der Waals surface area contributed by atoms with Crippen LogP contribution in [0.4, 0.5) is 11.7 Å². The Labute approximate surface area is 104 Å². The van der Waals surface area contributed by atoms with Crippen LogP contribution in [0.25, 0.3) is 0 Å². The average Bonchev–Trinajstić information content (AvgIpc) is 2.72. The molecule has 0 aliphatic rings. The summed E-state index contributed by atoms with van der Waals surface area (Å²) in [7, 11) is 0. The highest BCUT2D eigenvalue weighted by Crippen LogP contribution is 2.10. The third kappa shape index (κ3) is 3.31. The SMILES string of the molecule is Cc1nnc(NC(=O)CCc2cccc(N)c2)o1. The van der Waals surface area contributed by atoms with Crippen molar-refractivity contribution in [3.05, 3.63) is 35.7 Å². The summed E-state index contributed by atoms with van der Waals surface area (Å²) in [5, 5.41) is 9.85. The normalized spacial score (nSPS) is 10.3. The van der Waals surface area contributed by atoms with Gasteiger partial charge in [0, 0.05) is 19.0 Å². The van der Waals surface area contributed by atoms with Crippen molar-refractivity contribution in [3.63, 3.8) is 0 Å². The van der Waals surface area contributed by atoms with Crippen LogP contribution in [0, 0.1) is 6.92 Å². The third-order valence-electron chi connectivity index (χ3n) is 2.36. The molecule has 0 aliphatic heterocycles. The first-order chi connectivity index (χ1) is 8.63. The second-order valence-corrected chi connectivity index (χ2v) is 3.92. The summed E-state index contributed by atoms with van der Waals surface area (Å²) in [6, 6.07) is 7.59. The average molecular weight is 246 g/mol. The Kier molecular flexibility index (Phi) is 3.57. The summed E-state index contributed by atoms with van der Waals surface area (Å²) in [6.07, 6.45) is 0.953. The second-order valence-electron chi connectivity index (χ2n) is 3.92. The van der Waals surface area contributed by atoms with E-state index >= 15 is 0 Å². The Hall–Kier alpha value is -2.37. The maximum Gasteiger partial charge on any atom is 0.322 e. The molecule has 0 radical (unpaired) electrons. The number of carbonyl (C=O) groups is 1. The van der Waals surface area contributed by atoms with Crippen LogP contribution in [0.2, 0.25) is 0 Å². The fraction of sp³-hybridized carbons (Fsp3) is 0.250. The highest BCUT2D eigenvalue weighted by molar-refractivity contribution is 5.88. The molecular weight excluding hydrogens is 232 g/mol. The molecule has 0 fully saturated rings. The molecular formula is C12H14N4O2. The topological polar surface area (TPSA) is 94.0 Å². The van der Waals surface area contributed by atoms with Crippen LogP contribution in [-0.2, 0) is 11.2 Å². The van der Waals surface area contributed by atoms with Gasteiger partial charge in [0.05, 0.1) is 0 Å². The number of nitrogens with two attached hydrogens (primary N) is 1. The molecule has 2 aromatic rings. The number of anilines is 2. The predicted octanol–water partition coefficient (Wildman–Crippen LogP) is 1.53. The van der Waals surface area contributed by atoms with Crippen molar-refractivity contribution in [1.29, 1.82) is 0 Å². The van der Waals surface area contributed by atoms with Crippen LogP contribution in [0.1, 0.15) is 17.9 Å². The van der Waals surface area contributed by atoms with Gasteiger partial charge >= 0.3 is 6.01 Å². The Bertz CT molecular complexity index is 551. The van der Waals surface area contributed by atoms with E-state index in [-0.39, 0.29) is 11.9 Å². The lowest BCUT2D eigenvalue weighted by atomic mass is 10.1. The van der Waals surface area contributed by atoms with E-state index in [9.17, 15) is 4.79 Å². The summed E-state index contributed by atoms with van der Waals surface area (Å²) in [6.45, 7) is 1.66. The summed E-state index contributed by atoms with van der Waals surface area (Å²) in [4.78, 5) is 11.6. The maximum atomic E-state index is 11.6. The molecule has 1 aromatic heterocycles. The van der Waals surface area contributed by atoms with Gasteiger partial charge in [0.2, 0.25) is 11.8 Å². The molecule has 0 aliphatic carbocycles. The van der Waals surface area contributed by atoms with Gasteiger partial charge in [-0.15, -0.1) is 5.10 Å². The fourth-order valence-electron chi connectivity index (χ4n) is 1.54. The van der Waals surface area contributed by atoms with Gasteiger partial charge in [-0.25, -0.2) is 0 Å². The second kappa shape index (κ2) is 5.31. The highest BCUT2D eigenvalue weighted by atomic mass is 16.4. The number of carbonyl (C=O) groups excluding carboxylic acids is 1. The molecule has 1 amide bonds. The number of benzene rings is 1. The minimum absolute atomic E-state index is 0.130. The Morgan fingerprint density at radius 3 is 2.94 bits per heavy atom. The fourth-order valence-corrected chi connectivity index (χ4v) is 1.54. The van der Waals surface area contributed by atoms with Crippen LogP contribution in [0.15, 0.2) is 28.7 Å². The molecule has 18 heavy (non-hydrogen) atoms. The molecule has 3 N–H and O–H groups in total. The highest BCUT2D eigenvalue weighted by Gasteiger charge is 2.07. The zero-order chi connectivity index (χ0) is 13.0. The molecule has 1 heterocycles. The lowest BCUT2D eigenvalue weighted by molar-refractivity contribution is -0.116. The van der Waals surface area contributed by atoms with E-state index in [1.165, 1.54) is 0 Å². The van der Waals surface area contributed by atoms with Crippen molar-refractivity contribution in [3.8, 4) is 0 Å². The molecule has 0 bridgehead atoms. The summed E-state index contributed by atoms with van der Waals surface area (Å²) >= 11 is 0. The number of nitrogens with one attached hydrogen (secondary N) is 1. The van der Waals surface area contributed by atoms with Crippen molar-refractivity contribution >= 4 is 17.6 Å². The molecule has 0 atom stereocenters. The molecule has 2 rings (SSSR count). The predicted molar refractivity (Wildman–Crippen MR) is 66.8 cm³/mol. The Morgan fingerprint density at radius 1 is 1.44 bits per heavy atom. The van der Waals surface area contributed by atoms with Crippen molar-refractivity contribution in [2.24, 2.45) is 0 Å². The number of aryl methyl sites for hydroxylation is 2. The van der Waals surface area contributed by atoms with E-state index in [2.05, 4.69) is 15.5 Å². The van der Waals surface area contributed by atoms with E-state index in [0.29, 0.717) is 24.4 Å². The Balaban J connectivity index is 1.85. The van der Waals surface area contributed by atoms with Crippen LogP contribution in [-0.4, -0.2) is 16.1 Å². The van der Waals surface area contributed by atoms with Gasteiger partial charge in [0.1, 0.15) is 0 Å². The molecule has 0 saturated carbocycles. The quantitative estimate of drug-likeness (QED) is 0.798. The van der Waals surface area contributed by atoms with E-state index in [1.54, 1.807) is 6.92 Å². The van der Waals surface area contributed by atoms with Gasteiger partial charge in [0.25, 0.3) is 0 Å². The van der Waals surface area contributed by atoms with E-state index in [1.807, 2.05) is 24.3 Å². The monoisotopic (exact) mass is 246 g/mol. The first-order valence-corrected chi connectivity index (χ1v) is 5.58. The van der Waals surface area contributed by atoms with E-state index < -0.39 is 0 Å². The minimum atomic E-state index is -0.166. The van der Waals surface area contributed by atoms with Crippen LogP contribution in [0.5, 0.6) is 0 Å². The van der Waals surface area contributed by atoms with Crippen molar-refractivity contribution in [2.45, 2.75) is 19.8 Å². The van der Waals surface area contributed by atoms with E-state index in [4.69, 9.17) is 10.2 Å². The molecule has 0 saturated heterocycles. The number of aromatic nitrogens is 2. The van der Waals surface area contributed by atoms with Crippen molar-refractivity contribution < 1.29 is 9.21 Å². The molecule has 94 valence electrons. The first-order valence-electron chi connectivity index (χ1n) is 5.58. The molecule has 6 nitrogen and oxygen atoms in total. The largest absolute Gasteiger partial charge is 0.408 e. The van der Waals surface area contributed by atoms with Gasteiger partial charge in [-0.05, 0) is 24.1 Å². The third-order valence-corrected chi connectivity index (χ3v) is 2.36. The number of amides is 1. The summed E-state index contributed by atoms with van der Waals surface area (Å²) < 4.78 is 5.05. The van der Waals surface area contributed by atoms with Crippen LogP contribution < -0.4 is 11.1 Å². The number of rotatable bonds is 4. The molecule has 0 spiro atoms. The van der Waals surface area contributed by atoms with Gasteiger partial charge in [-0.2, -0.15) is 0 Å². The summed E-state index contributed by atoms with van der Waals surface area (Å²) in [5.74, 6) is 0.252. The van der Waals surface area contributed by atoms with Gasteiger partial charge in [-0.1, -0.05) is 17.2 Å². The zero-order valence-corrected chi connectivity index (χ0v) is 10.0. The van der Waals surface area contributed by atoms with Crippen LogP contribution in [0.3, 0.4) is 0 Å². The smallest absolute Gasteiger partial charge is 0.322 e. The van der Waals surface area contributed by atoms with Crippen molar-refractivity contribution in [1.82, 2.24) is 10.2 Å². The minimum Gasteiger partial charge on any atom is -0.408 e. The lowest BCUT2D eigenvalue weighted by Gasteiger charge is -2.02. The molecule has 1 aromatic carbocycles. The summed E-state index contributed by atoms with van der Waals surface area (Å²) in [5.41, 5.74) is 7.37. The molecule has 0 unspecified atom stereocenters. The zero-order valence-electron chi connectivity index (χ0n) is 10.0. The number of hydrogen-bond acceptors (Lipinski definition) is 5. The number of nitrogens with zero attached hydrogens (tertiary/aromatic N) is 2. The van der Waals surface area contributed by atoms with Gasteiger partial charge in [0.15, 0.2) is 0 Å². The standard InChI is InChI=1S/C12H14N4O2/c1-8-15-16-12(18-8)14-11(17)6-5-9-3-2-4-10(13)7-9/h2-4,7H,5-6,13H2,1H3,(H,14,16,17). The lowest BCUT2D eigenvalue weighted by Crippen LogP contribution is -2.12. The maximum absolute atomic E-state index is 11.6. The van der Waals surface area contributed by atoms with Crippen molar-refractivity contribution in [2.75, 3.05) is 11.1 Å². The Morgan fingerprint density at radius 2 is 2.28 bits per heavy atom.